The number of benzene rings is 4. The fourth-order valence-electron chi connectivity index (χ4n) is 5.55. The van der Waals surface area contributed by atoms with Crippen LogP contribution in [0.15, 0.2) is 122 Å². The number of carbonyl (C=O) groups excluding carboxylic acids is 3. The SMILES string of the molecule is CC(C)Oc1cc(COc2ccccc2F)cc(C(=O)Nc2ccc(C(=O)O)cn2)c1.COC(=O)c1ccc(NC(=O)c2cc(COc3ccccc3F)cc(OC(C)C)c2)nc1. The number of carboxylic acid groups (broad SMARTS) is 1. The van der Waals surface area contributed by atoms with Gasteiger partial charge in [0.1, 0.15) is 36.3 Å². The molecule has 6 rings (SSSR count). The molecule has 2 aromatic heterocycles. The van der Waals surface area contributed by atoms with Crippen LogP contribution in [-0.2, 0) is 18.0 Å². The van der Waals surface area contributed by atoms with E-state index >= 15 is 0 Å². The Morgan fingerprint density at radius 1 is 0.587 bits per heavy atom. The van der Waals surface area contributed by atoms with Gasteiger partial charge in [0.2, 0.25) is 0 Å². The van der Waals surface area contributed by atoms with Gasteiger partial charge in [0.25, 0.3) is 11.8 Å². The second kappa shape index (κ2) is 22.1. The molecule has 63 heavy (non-hydrogen) atoms. The molecule has 2 heterocycles. The number of aromatic nitrogens is 2. The summed E-state index contributed by atoms with van der Waals surface area (Å²) < 4.78 is 54.9. The number of pyridine rings is 2. The maximum atomic E-state index is 13.8. The molecule has 14 nitrogen and oxygen atoms in total. The molecule has 0 aliphatic heterocycles. The molecule has 0 spiro atoms. The van der Waals surface area contributed by atoms with E-state index in [1.807, 2.05) is 27.7 Å². The molecule has 16 heteroatoms. The maximum absolute atomic E-state index is 13.8. The molecule has 0 fully saturated rings. The second-order valence-electron chi connectivity index (χ2n) is 14.1. The van der Waals surface area contributed by atoms with E-state index < -0.39 is 35.4 Å². The van der Waals surface area contributed by atoms with Crippen molar-refractivity contribution in [2.75, 3.05) is 17.7 Å². The van der Waals surface area contributed by atoms with Crippen LogP contribution in [0.1, 0.15) is 80.3 Å². The van der Waals surface area contributed by atoms with E-state index in [1.54, 1.807) is 60.7 Å². The predicted molar refractivity (Wildman–Crippen MR) is 229 cm³/mol. The van der Waals surface area contributed by atoms with Crippen LogP contribution in [0, 0.1) is 11.6 Å². The van der Waals surface area contributed by atoms with Crippen molar-refractivity contribution in [3.8, 4) is 23.0 Å². The summed E-state index contributed by atoms with van der Waals surface area (Å²) in [7, 11) is 1.28. The van der Waals surface area contributed by atoms with E-state index in [1.165, 1.54) is 61.8 Å². The molecule has 0 atom stereocenters. The van der Waals surface area contributed by atoms with Crippen LogP contribution in [0.5, 0.6) is 23.0 Å². The average Bonchev–Trinajstić information content (AvgIpc) is 3.25. The lowest BCUT2D eigenvalue weighted by atomic mass is 10.1. The lowest BCUT2D eigenvalue weighted by Gasteiger charge is -2.14. The van der Waals surface area contributed by atoms with Crippen molar-refractivity contribution in [2.24, 2.45) is 0 Å². The molecule has 326 valence electrons. The normalized spacial score (nSPS) is 10.6. The number of halogens is 2. The summed E-state index contributed by atoms with van der Waals surface area (Å²) in [5, 5.41) is 14.2. The van der Waals surface area contributed by atoms with Crippen LogP contribution in [0.2, 0.25) is 0 Å². The lowest BCUT2D eigenvalue weighted by molar-refractivity contribution is 0.0599. The monoisotopic (exact) mass is 862 g/mol. The molecule has 0 aliphatic carbocycles. The summed E-state index contributed by atoms with van der Waals surface area (Å²) in [6.07, 6.45) is 2.24. The van der Waals surface area contributed by atoms with Gasteiger partial charge in [-0.3, -0.25) is 9.59 Å². The van der Waals surface area contributed by atoms with Crippen LogP contribution in [0.3, 0.4) is 0 Å². The van der Waals surface area contributed by atoms with E-state index in [9.17, 15) is 28.0 Å². The predicted octanol–water partition coefficient (Wildman–Crippen LogP) is 9.16. The molecule has 2 amide bonds. The highest BCUT2D eigenvalue weighted by atomic mass is 19.1. The number of rotatable bonds is 16. The Bertz CT molecular complexity index is 2530. The van der Waals surface area contributed by atoms with E-state index in [2.05, 4.69) is 25.3 Å². The molecule has 0 saturated heterocycles. The number of amides is 2. The van der Waals surface area contributed by atoms with Gasteiger partial charge < -0.3 is 39.4 Å². The van der Waals surface area contributed by atoms with E-state index in [0.717, 1.165) is 6.20 Å². The van der Waals surface area contributed by atoms with Crippen molar-refractivity contribution in [2.45, 2.75) is 53.1 Å². The highest BCUT2D eigenvalue weighted by Crippen LogP contribution is 2.25. The number of carbonyl (C=O) groups is 4. The molecule has 3 N–H and O–H groups in total. The number of carboxylic acids is 1. The molecular weight excluding hydrogens is 819 g/mol. The minimum atomic E-state index is -1.11. The Kier molecular flexibility index (Phi) is 16.2. The number of para-hydroxylation sites is 2. The molecule has 6 aromatic rings. The van der Waals surface area contributed by atoms with Crippen molar-refractivity contribution in [3.05, 3.63) is 167 Å². The van der Waals surface area contributed by atoms with Crippen molar-refractivity contribution in [1.29, 1.82) is 0 Å². The molecule has 0 aliphatic rings. The number of methoxy groups -OCH3 is 1. The van der Waals surface area contributed by atoms with Crippen LogP contribution in [0.25, 0.3) is 0 Å². The quantitative estimate of drug-likeness (QED) is 0.0786. The highest BCUT2D eigenvalue weighted by molar-refractivity contribution is 6.05. The lowest BCUT2D eigenvalue weighted by Crippen LogP contribution is -2.15. The summed E-state index contributed by atoms with van der Waals surface area (Å²) in [5.74, 6) is -1.84. The Morgan fingerprint density at radius 3 is 1.38 bits per heavy atom. The first-order valence-corrected chi connectivity index (χ1v) is 19.4. The van der Waals surface area contributed by atoms with E-state index in [4.69, 9.17) is 24.1 Å². The smallest absolute Gasteiger partial charge is 0.339 e. The van der Waals surface area contributed by atoms with Gasteiger partial charge in [0.15, 0.2) is 23.1 Å². The fraction of sp³-hybridized carbons (Fsp3) is 0.191. The summed E-state index contributed by atoms with van der Waals surface area (Å²) in [6, 6.07) is 27.8. The zero-order valence-electron chi connectivity index (χ0n) is 34.9. The maximum Gasteiger partial charge on any atom is 0.339 e. The first-order chi connectivity index (χ1) is 30.2. The van der Waals surface area contributed by atoms with Gasteiger partial charge in [-0.1, -0.05) is 24.3 Å². The number of hydrogen-bond donors (Lipinski definition) is 3. The van der Waals surface area contributed by atoms with Gasteiger partial charge in [-0.2, -0.15) is 0 Å². The van der Waals surface area contributed by atoms with Crippen LogP contribution < -0.4 is 29.6 Å². The standard InChI is InChI=1S/C24H23FN2O5.C23H21FN2O5/c1-15(2)32-19-11-16(14-31-21-7-5-4-6-20(21)25)10-18(12-19)23(28)27-22-9-8-17(13-26-22)24(29)30-3;1-14(2)31-18-10-15(13-30-20-6-4-3-5-19(20)24)9-17(11-18)22(27)26-21-8-7-16(12-25-21)23(28)29/h4-13,15H,14H2,1-3H3,(H,26,27,28);3-12,14H,13H2,1-2H3,(H,28,29)(H,25,26,27). The molecule has 4 aromatic carbocycles. The zero-order valence-corrected chi connectivity index (χ0v) is 34.9. The van der Waals surface area contributed by atoms with E-state index in [0.29, 0.717) is 28.2 Å². The first-order valence-electron chi connectivity index (χ1n) is 19.4. The Labute approximate surface area is 361 Å². The topological polar surface area (TPSA) is 184 Å². The number of hydrogen-bond acceptors (Lipinski definition) is 11. The third kappa shape index (κ3) is 14.1. The number of esters is 1. The third-order valence-electron chi connectivity index (χ3n) is 8.34. The van der Waals surface area contributed by atoms with Crippen molar-refractivity contribution in [3.63, 3.8) is 0 Å². The molecule has 0 unspecified atom stereocenters. The van der Waals surface area contributed by atoms with Crippen LogP contribution >= 0.6 is 0 Å². The van der Waals surface area contributed by atoms with Gasteiger partial charge in [-0.15, -0.1) is 0 Å². The number of aromatic carboxylic acids is 1. The summed E-state index contributed by atoms with van der Waals surface area (Å²) in [4.78, 5) is 56.0. The molecule has 0 saturated carbocycles. The van der Waals surface area contributed by atoms with Gasteiger partial charge >= 0.3 is 11.9 Å². The number of nitrogens with one attached hydrogen (secondary N) is 2. The number of anilines is 2. The molecular formula is C47H44F2N4O10. The molecule has 0 bridgehead atoms. The minimum Gasteiger partial charge on any atom is -0.491 e. The fourth-order valence-corrected chi connectivity index (χ4v) is 5.55. The van der Waals surface area contributed by atoms with Gasteiger partial charge in [-0.05, 0) is 124 Å². The minimum absolute atomic E-state index is 0.0120. The number of nitrogens with zero attached hydrogens (tertiary/aromatic N) is 2. The Balaban J connectivity index is 0.000000238. The molecule has 0 radical (unpaired) electrons. The second-order valence-corrected chi connectivity index (χ2v) is 14.1. The summed E-state index contributed by atoms with van der Waals surface area (Å²) in [6.45, 7) is 7.53. The highest BCUT2D eigenvalue weighted by Gasteiger charge is 2.16. The van der Waals surface area contributed by atoms with Crippen molar-refractivity contribution < 1.29 is 56.7 Å². The van der Waals surface area contributed by atoms with Crippen molar-refractivity contribution in [1.82, 2.24) is 9.97 Å². The van der Waals surface area contributed by atoms with E-state index in [-0.39, 0.29) is 65.2 Å². The average molecular weight is 863 g/mol. The Hall–Kier alpha value is -7.88. The van der Waals surface area contributed by atoms with Gasteiger partial charge in [-0.25, -0.2) is 28.3 Å². The van der Waals surface area contributed by atoms with Crippen molar-refractivity contribution >= 4 is 35.4 Å². The summed E-state index contributed by atoms with van der Waals surface area (Å²) >= 11 is 0. The van der Waals surface area contributed by atoms with Gasteiger partial charge in [0.05, 0.1) is 30.4 Å². The first kappa shape index (κ1) is 46.2. The van der Waals surface area contributed by atoms with Crippen LogP contribution in [-0.4, -0.2) is 58.1 Å². The summed E-state index contributed by atoms with van der Waals surface area (Å²) in [5.41, 5.74) is 2.12. The zero-order chi connectivity index (χ0) is 45.5. The third-order valence-corrected chi connectivity index (χ3v) is 8.34. The number of ether oxygens (including phenoxy) is 5. The van der Waals surface area contributed by atoms with Gasteiger partial charge in [0, 0.05) is 23.5 Å². The Morgan fingerprint density at radius 2 is 1.02 bits per heavy atom. The largest absolute Gasteiger partial charge is 0.491 e. The van der Waals surface area contributed by atoms with Crippen LogP contribution in [0.4, 0.5) is 20.4 Å².